The summed E-state index contributed by atoms with van der Waals surface area (Å²) in [4.78, 5) is 55.9. The Morgan fingerprint density at radius 3 is 2.27 bits per heavy atom. The number of methoxy groups -OCH3 is 1. The molecule has 2 aliphatic heterocycles. The Bertz CT molecular complexity index is 2240. The van der Waals surface area contributed by atoms with E-state index in [1.54, 1.807) is 0 Å². The first kappa shape index (κ1) is 41.9. The van der Waals surface area contributed by atoms with Crippen LogP contribution in [0.1, 0.15) is 127 Å². The summed E-state index contributed by atoms with van der Waals surface area (Å²) in [5.74, 6) is -2.33. The molecule has 10 heteroatoms. The molecular weight excluding hydrogens is 701 g/mol. The summed E-state index contributed by atoms with van der Waals surface area (Å²) in [6.45, 7) is 20.9. The Kier molecular flexibility index (Phi) is 13.1. The predicted octanol–water partition coefficient (Wildman–Crippen LogP) is 6.89. The fourth-order valence-corrected chi connectivity index (χ4v) is 7.94. The number of allylic oxidation sites excluding steroid dienone is 3. The normalized spacial score (nSPS) is 22.7. The number of ketones is 1. The van der Waals surface area contributed by atoms with E-state index in [2.05, 4.69) is 34.3 Å². The van der Waals surface area contributed by atoms with Crippen molar-refractivity contribution in [2.75, 3.05) is 13.7 Å². The monoisotopic (exact) mass is 752 g/mol. The van der Waals surface area contributed by atoms with Crippen LogP contribution in [0, 0.1) is 51.4 Å². The number of fused-ring (bicyclic) bond motifs is 7. The van der Waals surface area contributed by atoms with Gasteiger partial charge >= 0.3 is 35.0 Å². The van der Waals surface area contributed by atoms with Gasteiger partial charge in [0.05, 0.1) is 7.11 Å². The number of ether oxygens (including phenoxy) is 2. The van der Waals surface area contributed by atoms with E-state index >= 15 is 0 Å². The Morgan fingerprint density at radius 1 is 0.945 bits per heavy atom. The summed E-state index contributed by atoms with van der Waals surface area (Å²) in [6, 6.07) is 0. The molecule has 0 N–H and O–H groups in total. The van der Waals surface area contributed by atoms with Crippen molar-refractivity contribution >= 4 is 70.7 Å². The van der Waals surface area contributed by atoms with E-state index in [0.717, 1.165) is 62.9 Å². The zero-order valence-electron chi connectivity index (χ0n) is 33.9. The molecule has 0 unspecified atom stereocenters. The van der Waals surface area contributed by atoms with Crippen LogP contribution < -0.4 is 25.7 Å². The first-order valence-electron chi connectivity index (χ1n) is 19.2. The van der Waals surface area contributed by atoms with Crippen LogP contribution in [0.3, 0.4) is 0 Å². The van der Waals surface area contributed by atoms with Gasteiger partial charge in [-0.3, -0.25) is 14.4 Å². The van der Waals surface area contributed by atoms with Crippen molar-refractivity contribution in [2.24, 2.45) is 23.7 Å². The Hall–Kier alpha value is -4.28. The van der Waals surface area contributed by atoms with Crippen LogP contribution in [-0.4, -0.2) is 54.5 Å². The van der Waals surface area contributed by atoms with E-state index in [1.807, 2.05) is 58.1 Å². The predicted molar refractivity (Wildman–Crippen MR) is 218 cm³/mol. The average molecular weight is 753 g/mol. The van der Waals surface area contributed by atoms with Gasteiger partial charge in [0.25, 0.3) is 0 Å². The molecule has 3 aromatic rings. The molecule has 286 valence electrons. The SMILES string of the molecule is C=Cc1c2[n-]c(c1C)/C=C1\[N-]/C(=C3\c4[n-]c(c(C)c4C(=O)[C@@H]3C(=O)OC)/C=c3\[n-]/c(c(C)c3C)=C\2)[C@@H](CCC(=O)OC/C=C(\C)CCC[C@H](C)CC)[C@@H]1C.[Mg+2]. The molecule has 8 bridgehead atoms. The largest absolute Gasteiger partial charge is 2.00 e. The third-order valence-electron chi connectivity index (χ3n) is 11.9. The van der Waals surface area contributed by atoms with E-state index in [-0.39, 0.29) is 59.7 Å². The molecule has 5 heterocycles. The van der Waals surface area contributed by atoms with Crippen LogP contribution in [0.4, 0.5) is 0 Å². The topological polar surface area (TPSA) is 126 Å². The van der Waals surface area contributed by atoms with Crippen LogP contribution >= 0.6 is 0 Å². The minimum atomic E-state index is -1.22. The number of hydrogen-bond acceptors (Lipinski definition) is 5. The smallest absolute Gasteiger partial charge is 0.664 e. The number of aromatic nitrogens is 3. The second-order valence-electron chi connectivity index (χ2n) is 15.3. The molecule has 0 spiro atoms. The van der Waals surface area contributed by atoms with E-state index in [1.165, 1.54) is 25.5 Å². The van der Waals surface area contributed by atoms with Crippen LogP contribution in [-0.2, 0) is 19.1 Å². The fraction of sp³-hybridized carbons (Fsp3) is 0.444. The number of carbonyl (C=O) groups excluding carboxylic acids is 3. The number of nitrogens with zero attached hydrogens (tertiary/aromatic N) is 4. The van der Waals surface area contributed by atoms with E-state index < -0.39 is 11.9 Å². The summed E-state index contributed by atoms with van der Waals surface area (Å²) in [7, 11) is 1.29. The summed E-state index contributed by atoms with van der Waals surface area (Å²) in [6.07, 6.45) is 14.7. The molecular formula is C45H52MgN4O5-2. The van der Waals surface area contributed by atoms with Gasteiger partial charge in [0.2, 0.25) is 0 Å². The van der Waals surface area contributed by atoms with Crippen LogP contribution in [0.2, 0.25) is 0 Å². The molecule has 1 saturated heterocycles. The number of carbonyl (C=O) groups is 3. The van der Waals surface area contributed by atoms with E-state index in [9.17, 15) is 14.4 Å². The van der Waals surface area contributed by atoms with E-state index in [4.69, 9.17) is 29.7 Å². The number of rotatable bonds is 12. The van der Waals surface area contributed by atoms with Gasteiger partial charge in [0.15, 0.2) is 5.78 Å². The van der Waals surface area contributed by atoms with Gasteiger partial charge in [-0.15, -0.1) is 33.5 Å². The molecule has 1 aliphatic carbocycles. The fourth-order valence-electron chi connectivity index (χ4n) is 7.94. The molecule has 0 aromatic carbocycles. The summed E-state index contributed by atoms with van der Waals surface area (Å²) in [5.41, 5.74) is 10.5. The zero-order valence-corrected chi connectivity index (χ0v) is 35.3. The van der Waals surface area contributed by atoms with Crippen LogP contribution in [0.15, 0.2) is 29.6 Å². The van der Waals surface area contributed by atoms with Gasteiger partial charge in [-0.05, 0) is 83.3 Å². The number of Topliss-reactive ketones (excluding diaryl/α,β-unsaturated/α-hetero) is 1. The molecule has 0 amide bonds. The average Bonchev–Trinajstić information content (AvgIpc) is 3.88. The molecule has 0 saturated carbocycles. The maximum atomic E-state index is 14.2. The van der Waals surface area contributed by atoms with Gasteiger partial charge in [0.1, 0.15) is 12.5 Å². The third kappa shape index (κ3) is 8.03. The van der Waals surface area contributed by atoms with E-state index in [0.29, 0.717) is 46.1 Å². The van der Waals surface area contributed by atoms with Crippen molar-refractivity contribution in [3.63, 3.8) is 0 Å². The van der Waals surface area contributed by atoms with Crippen LogP contribution in [0.5, 0.6) is 0 Å². The first-order chi connectivity index (χ1) is 25.8. The van der Waals surface area contributed by atoms with Crippen molar-refractivity contribution in [3.8, 4) is 0 Å². The van der Waals surface area contributed by atoms with Crippen LogP contribution in [0.25, 0.3) is 35.2 Å². The first-order valence-corrected chi connectivity index (χ1v) is 19.2. The number of esters is 2. The van der Waals surface area contributed by atoms with Crippen molar-refractivity contribution < 1.29 is 23.9 Å². The summed E-state index contributed by atoms with van der Waals surface area (Å²) < 4.78 is 10.9. The van der Waals surface area contributed by atoms with Gasteiger partial charge in [-0.1, -0.05) is 97.9 Å². The quantitative estimate of drug-likeness (QED) is 0.0848. The maximum Gasteiger partial charge on any atom is 2.00 e. The second kappa shape index (κ2) is 17.2. The van der Waals surface area contributed by atoms with Gasteiger partial charge in [0, 0.05) is 12.0 Å². The molecule has 1 fully saturated rings. The molecule has 3 aromatic heterocycles. The van der Waals surface area contributed by atoms with Crippen molar-refractivity contribution in [1.29, 1.82) is 0 Å². The summed E-state index contributed by atoms with van der Waals surface area (Å²) in [5, 5.41) is 6.73. The molecule has 4 atom stereocenters. The Balaban J connectivity index is 0.00000580. The second-order valence-corrected chi connectivity index (χ2v) is 15.3. The minimum Gasteiger partial charge on any atom is -0.664 e. The van der Waals surface area contributed by atoms with Crippen molar-refractivity contribution in [3.05, 3.63) is 102 Å². The molecule has 3 aliphatic rings. The van der Waals surface area contributed by atoms with Crippen molar-refractivity contribution in [1.82, 2.24) is 15.0 Å². The minimum absolute atomic E-state index is 0. The van der Waals surface area contributed by atoms with Gasteiger partial charge in [-0.2, -0.15) is 11.4 Å². The molecule has 9 nitrogen and oxygen atoms in total. The number of hydrogen-bond donors (Lipinski definition) is 0. The molecule has 6 rings (SSSR count). The summed E-state index contributed by atoms with van der Waals surface area (Å²) >= 11 is 0. The Morgan fingerprint density at radius 2 is 1.62 bits per heavy atom. The maximum absolute atomic E-state index is 14.2. The third-order valence-corrected chi connectivity index (χ3v) is 11.9. The Labute approximate surface area is 341 Å². The molecule has 55 heavy (non-hydrogen) atoms. The van der Waals surface area contributed by atoms with Crippen molar-refractivity contribution in [2.45, 2.75) is 93.9 Å². The molecule has 0 radical (unpaired) electrons. The zero-order chi connectivity index (χ0) is 39.0. The van der Waals surface area contributed by atoms with Gasteiger partial charge in [-0.25, -0.2) is 0 Å². The van der Waals surface area contributed by atoms with Gasteiger partial charge < -0.3 is 29.7 Å². The standard InChI is InChI=1S/C45H53N4O5.Mg/c1-11-23(3)14-13-15-24(4)18-19-54-38(50)17-16-31-28(8)35-21-34-27(7)30(12-2)37(47-34)22-33-26(6)25(5)32(46-33)20-36-29(9)39-43(49-36)40(42(31)48-35)41(44(39)51)45(52)53-10;/h12,18,20-23,28,31,41H,2,11,13-17,19H2,1,3-10H3,(H-,48,49,51);/q-3;+2/p-1/b24-18+,32-20-,33-22-,35-21-;/t23-,28+,31+,41-;/m1./s1.